The highest BCUT2D eigenvalue weighted by Gasteiger charge is 2.09. The Kier molecular flexibility index (Phi) is 1.53. The van der Waals surface area contributed by atoms with Gasteiger partial charge in [-0.25, -0.2) is 5.10 Å². The number of rotatable bonds is 0. The van der Waals surface area contributed by atoms with Gasteiger partial charge in [0.1, 0.15) is 0 Å². The topological polar surface area (TPSA) is 70.5 Å². The first kappa shape index (κ1) is 8.05. The molecule has 0 saturated heterocycles. The molecule has 0 aliphatic carbocycles. The van der Waals surface area contributed by atoms with Gasteiger partial charge in [-0.1, -0.05) is 6.07 Å². The molecule has 0 spiro atoms. The van der Waals surface area contributed by atoms with Gasteiger partial charge in [0.15, 0.2) is 0 Å². The van der Waals surface area contributed by atoms with Crippen molar-refractivity contribution in [3.63, 3.8) is 0 Å². The lowest BCUT2D eigenvalue weighted by atomic mass is 10.1. The molecular formula is C10H6N4O. The van der Waals surface area contributed by atoms with Crippen LogP contribution in [0.4, 0.5) is 5.69 Å². The van der Waals surface area contributed by atoms with Gasteiger partial charge >= 0.3 is 0 Å². The molecule has 2 heterocycles. The average Bonchev–Trinajstić information content (AvgIpc) is 2.47. The minimum atomic E-state index is -0.207. The second-order valence-electron chi connectivity index (χ2n) is 3.17. The lowest BCUT2D eigenvalue weighted by molar-refractivity contribution is 1.00. The molecule has 1 aliphatic heterocycles. The van der Waals surface area contributed by atoms with E-state index in [1.54, 1.807) is 24.4 Å². The highest BCUT2D eigenvalue weighted by Crippen LogP contribution is 2.28. The van der Waals surface area contributed by atoms with Crippen molar-refractivity contribution in [1.82, 2.24) is 10.2 Å². The Bertz CT molecular complexity index is 636. The lowest BCUT2D eigenvalue weighted by Crippen LogP contribution is -2.09. The molecule has 1 aromatic carbocycles. The van der Waals surface area contributed by atoms with Crippen LogP contribution in [0.25, 0.3) is 16.8 Å². The maximum Gasteiger partial charge on any atom is 0.272 e. The summed E-state index contributed by atoms with van der Waals surface area (Å²) >= 11 is 0. The van der Waals surface area contributed by atoms with Gasteiger partial charge in [-0.15, -0.1) is 0 Å². The van der Waals surface area contributed by atoms with Gasteiger partial charge in [0.2, 0.25) is 0 Å². The average molecular weight is 198 g/mol. The van der Waals surface area contributed by atoms with Crippen molar-refractivity contribution in [3.05, 3.63) is 40.4 Å². The van der Waals surface area contributed by atoms with E-state index in [-0.39, 0.29) is 5.56 Å². The van der Waals surface area contributed by atoms with Gasteiger partial charge in [0.05, 0.1) is 23.0 Å². The summed E-state index contributed by atoms with van der Waals surface area (Å²) in [6, 6.07) is 5.34. The molecule has 72 valence electrons. The second-order valence-corrected chi connectivity index (χ2v) is 3.17. The molecular weight excluding hydrogens is 192 g/mol. The Balaban J connectivity index is 2.63. The number of nitrogens with zero attached hydrogens (tertiary/aromatic N) is 3. The summed E-state index contributed by atoms with van der Waals surface area (Å²) in [4.78, 5) is 11.5. The van der Waals surface area contributed by atoms with Gasteiger partial charge in [-0.3, -0.25) is 4.79 Å². The van der Waals surface area contributed by atoms with Crippen LogP contribution in [0.2, 0.25) is 0 Å². The Morgan fingerprint density at radius 2 is 2.20 bits per heavy atom. The quantitative estimate of drug-likeness (QED) is 0.703. The van der Waals surface area contributed by atoms with E-state index in [9.17, 15) is 4.79 Å². The summed E-state index contributed by atoms with van der Waals surface area (Å²) in [6.45, 7) is 0. The van der Waals surface area contributed by atoms with Gasteiger partial charge in [-0.05, 0) is 18.2 Å². The molecule has 0 radical (unpaired) electrons. The van der Waals surface area contributed by atoms with Gasteiger partial charge in [-0.2, -0.15) is 15.3 Å². The summed E-state index contributed by atoms with van der Waals surface area (Å²) in [7, 11) is 0. The molecule has 2 aromatic rings. The Morgan fingerprint density at radius 1 is 1.27 bits per heavy atom. The highest BCUT2D eigenvalue weighted by atomic mass is 16.1. The molecule has 1 aliphatic rings. The molecule has 0 amide bonds. The number of H-pyrrole nitrogens is 1. The minimum Gasteiger partial charge on any atom is -0.267 e. The first-order valence-electron chi connectivity index (χ1n) is 4.45. The molecule has 3 rings (SSSR count). The van der Waals surface area contributed by atoms with Gasteiger partial charge in [0.25, 0.3) is 5.56 Å². The normalized spacial score (nSPS) is 13.1. The predicted molar refractivity (Wildman–Crippen MR) is 55.9 cm³/mol. The Labute approximate surface area is 84.2 Å². The molecule has 1 aromatic heterocycles. The second kappa shape index (κ2) is 2.84. The standard InChI is InChI=1S/C10H6N4O/c15-10-6-2-1-3-7-9(6)8(13-14-10)4-5-11-12-7/h1-5H,(H,14,15). The third-order valence-corrected chi connectivity index (χ3v) is 2.29. The number of benzene rings is 1. The highest BCUT2D eigenvalue weighted by molar-refractivity contribution is 5.97. The van der Waals surface area contributed by atoms with E-state index in [4.69, 9.17) is 0 Å². The zero-order chi connectivity index (χ0) is 10.3. The molecule has 0 atom stereocenters. The minimum absolute atomic E-state index is 0.207. The summed E-state index contributed by atoms with van der Waals surface area (Å²) in [5.74, 6) is 0. The fraction of sp³-hybridized carbons (Fsp3) is 0. The number of azo groups is 1. The maximum absolute atomic E-state index is 11.5. The van der Waals surface area contributed by atoms with Crippen molar-refractivity contribution in [2.24, 2.45) is 10.2 Å². The van der Waals surface area contributed by atoms with E-state index in [0.29, 0.717) is 16.8 Å². The van der Waals surface area contributed by atoms with Crippen LogP contribution in [0.15, 0.2) is 39.4 Å². The Hall–Kier alpha value is -2.30. The number of aromatic amines is 1. The first-order chi connectivity index (χ1) is 7.36. The zero-order valence-electron chi connectivity index (χ0n) is 7.64. The van der Waals surface area contributed by atoms with Crippen LogP contribution in [0.5, 0.6) is 0 Å². The maximum atomic E-state index is 11.5. The third kappa shape index (κ3) is 1.10. The molecule has 15 heavy (non-hydrogen) atoms. The first-order valence-corrected chi connectivity index (χ1v) is 4.45. The summed E-state index contributed by atoms with van der Waals surface area (Å²) in [5, 5.41) is 15.6. The van der Waals surface area contributed by atoms with Crippen LogP contribution in [-0.2, 0) is 0 Å². The van der Waals surface area contributed by atoms with Crippen LogP contribution >= 0.6 is 0 Å². The third-order valence-electron chi connectivity index (χ3n) is 2.29. The van der Waals surface area contributed by atoms with Crippen LogP contribution in [0, 0.1) is 0 Å². The van der Waals surface area contributed by atoms with Crippen LogP contribution in [-0.4, -0.2) is 10.2 Å². The van der Waals surface area contributed by atoms with Gasteiger partial charge < -0.3 is 0 Å². The van der Waals surface area contributed by atoms with Crippen LogP contribution in [0.3, 0.4) is 0 Å². The SMILES string of the molecule is O=c1[nH]nc2c3c(cccc13)N=NC=C2. The van der Waals surface area contributed by atoms with Crippen molar-refractivity contribution in [2.75, 3.05) is 0 Å². The number of aromatic nitrogens is 2. The van der Waals surface area contributed by atoms with Crippen LogP contribution in [0.1, 0.15) is 5.69 Å². The summed E-state index contributed by atoms with van der Waals surface area (Å²) in [5.41, 5.74) is 1.15. The molecule has 0 fully saturated rings. The van der Waals surface area contributed by atoms with Crippen molar-refractivity contribution < 1.29 is 0 Å². The fourth-order valence-electron chi connectivity index (χ4n) is 1.63. The van der Waals surface area contributed by atoms with Crippen molar-refractivity contribution in [1.29, 1.82) is 0 Å². The monoisotopic (exact) mass is 198 g/mol. The van der Waals surface area contributed by atoms with E-state index in [1.165, 1.54) is 0 Å². The van der Waals surface area contributed by atoms with Crippen molar-refractivity contribution >= 4 is 22.5 Å². The fourth-order valence-corrected chi connectivity index (χ4v) is 1.63. The van der Waals surface area contributed by atoms with Crippen LogP contribution < -0.4 is 5.56 Å². The van der Waals surface area contributed by atoms with E-state index >= 15 is 0 Å². The van der Waals surface area contributed by atoms with E-state index in [0.717, 1.165) is 5.39 Å². The lowest BCUT2D eigenvalue weighted by Gasteiger charge is -2.01. The molecule has 0 saturated carbocycles. The number of hydrogen-bond acceptors (Lipinski definition) is 4. The smallest absolute Gasteiger partial charge is 0.267 e. The largest absolute Gasteiger partial charge is 0.272 e. The zero-order valence-corrected chi connectivity index (χ0v) is 7.64. The van der Waals surface area contributed by atoms with E-state index in [2.05, 4.69) is 20.4 Å². The number of hydrogen-bond donors (Lipinski definition) is 1. The van der Waals surface area contributed by atoms with Crippen molar-refractivity contribution in [2.45, 2.75) is 0 Å². The molecule has 5 heteroatoms. The molecule has 1 N–H and O–H groups in total. The summed E-state index contributed by atoms with van der Waals surface area (Å²) in [6.07, 6.45) is 3.28. The Morgan fingerprint density at radius 3 is 3.13 bits per heavy atom. The van der Waals surface area contributed by atoms with Gasteiger partial charge in [0, 0.05) is 5.39 Å². The van der Waals surface area contributed by atoms with E-state index in [1.807, 2.05) is 6.07 Å². The summed E-state index contributed by atoms with van der Waals surface area (Å²) < 4.78 is 0. The van der Waals surface area contributed by atoms with Crippen molar-refractivity contribution in [3.8, 4) is 0 Å². The van der Waals surface area contributed by atoms with E-state index < -0.39 is 0 Å². The molecule has 5 nitrogen and oxygen atoms in total. The predicted octanol–water partition coefficient (Wildman–Crippen LogP) is 1.99. The molecule has 0 unspecified atom stereocenters. The molecule has 0 bridgehead atoms. The number of nitrogens with one attached hydrogen (secondary N) is 1.